The molecule has 0 N–H and O–H groups in total. The molecule has 0 atom stereocenters. The van der Waals surface area contributed by atoms with Crippen LogP contribution in [0.15, 0.2) is 78.9 Å². The van der Waals surface area contributed by atoms with Crippen LogP contribution in [0, 0.1) is 0 Å². The zero-order valence-corrected chi connectivity index (χ0v) is 19.3. The van der Waals surface area contributed by atoms with E-state index >= 15 is 0 Å². The smallest absolute Gasteiger partial charge is 0.00739 e. The van der Waals surface area contributed by atoms with E-state index in [1.54, 1.807) is 5.30 Å². The molecular formula is C28H31P. The SMILES string of the molecule is CC(C)(C)P(c1c(-c2ccc3ccccc3c2)ccc2ccccc12)C(C)(C)C. The van der Waals surface area contributed by atoms with Crippen molar-refractivity contribution < 1.29 is 0 Å². The number of hydrogen-bond donors (Lipinski definition) is 0. The van der Waals surface area contributed by atoms with Gasteiger partial charge in [0.2, 0.25) is 0 Å². The van der Waals surface area contributed by atoms with Gasteiger partial charge in [0.25, 0.3) is 0 Å². The van der Waals surface area contributed by atoms with Crippen molar-refractivity contribution in [3.8, 4) is 11.1 Å². The van der Waals surface area contributed by atoms with Crippen molar-refractivity contribution in [3.63, 3.8) is 0 Å². The molecule has 0 aliphatic heterocycles. The number of hydrogen-bond acceptors (Lipinski definition) is 0. The zero-order valence-electron chi connectivity index (χ0n) is 18.5. The zero-order chi connectivity index (χ0) is 20.8. The third kappa shape index (κ3) is 3.84. The minimum absolute atomic E-state index is 0.212. The van der Waals surface area contributed by atoms with Gasteiger partial charge in [0.1, 0.15) is 0 Å². The van der Waals surface area contributed by atoms with E-state index in [1.165, 1.54) is 32.7 Å². The Morgan fingerprint density at radius 3 is 1.76 bits per heavy atom. The van der Waals surface area contributed by atoms with E-state index in [2.05, 4.69) is 120 Å². The maximum absolute atomic E-state index is 2.41. The second kappa shape index (κ2) is 7.26. The van der Waals surface area contributed by atoms with Crippen LogP contribution in [0.25, 0.3) is 32.7 Å². The molecular weight excluding hydrogens is 367 g/mol. The average molecular weight is 399 g/mol. The van der Waals surface area contributed by atoms with Gasteiger partial charge in [0, 0.05) is 0 Å². The molecule has 0 saturated heterocycles. The summed E-state index contributed by atoms with van der Waals surface area (Å²) in [6.07, 6.45) is 0. The number of rotatable bonds is 2. The fourth-order valence-corrected chi connectivity index (χ4v) is 9.01. The Morgan fingerprint density at radius 1 is 0.552 bits per heavy atom. The van der Waals surface area contributed by atoms with Gasteiger partial charge in [0.15, 0.2) is 0 Å². The van der Waals surface area contributed by atoms with Crippen LogP contribution >= 0.6 is 7.92 Å². The van der Waals surface area contributed by atoms with Gasteiger partial charge in [-0.25, -0.2) is 0 Å². The Hall–Kier alpha value is -2.17. The second-order valence-electron chi connectivity index (χ2n) is 9.92. The Balaban J connectivity index is 2.07. The fourth-order valence-electron chi connectivity index (χ4n) is 4.76. The Kier molecular flexibility index (Phi) is 5.04. The molecule has 0 heterocycles. The third-order valence-electron chi connectivity index (χ3n) is 5.53. The molecule has 4 aromatic rings. The van der Waals surface area contributed by atoms with Crippen molar-refractivity contribution in [2.75, 3.05) is 0 Å². The summed E-state index contributed by atoms with van der Waals surface area (Å²) in [5.74, 6) is 0. The van der Waals surface area contributed by atoms with E-state index in [0.29, 0.717) is 0 Å². The highest BCUT2D eigenvalue weighted by Crippen LogP contribution is 2.60. The van der Waals surface area contributed by atoms with Crippen molar-refractivity contribution in [1.82, 2.24) is 0 Å². The topological polar surface area (TPSA) is 0 Å². The summed E-state index contributed by atoms with van der Waals surface area (Å²) in [7, 11) is -0.425. The highest BCUT2D eigenvalue weighted by molar-refractivity contribution is 7.69. The summed E-state index contributed by atoms with van der Waals surface area (Å²) in [5.41, 5.74) is 2.72. The average Bonchev–Trinajstić information content (AvgIpc) is 2.66. The van der Waals surface area contributed by atoms with Crippen molar-refractivity contribution in [2.45, 2.75) is 51.9 Å². The van der Waals surface area contributed by atoms with Crippen LogP contribution < -0.4 is 5.30 Å². The normalized spacial score (nSPS) is 12.8. The van der Waals surface area contributed by atoms with Gasteiger partial charge in [-0.15, -0.1) is 0 Å². The molecule has 148 valence electrons. The van der Waals surface area contributed by atoms with Crippen LogP contribution in [0.5, 0.6) is 0 Å². The monoisotopic (exact) mass is 398 g/mol. The highest BCUT2D eigenvalue weighted by Gasteiger charge is 2.38. The maximum atomic E-state index is 2.41. The fraction of sp³-hybridized carbons (Fsp3) is 0.286. The second-order valence-corrected chi connectivity index (χ2v) is 13.7. The molecule has 0 fully saturated rings. The molecule has 0 unspecified atom stereocenters. The minimum atomic E-state index is -0.425. The van der Waals surface area contributed by atoms with Crippen molar-refractivity contribution >= 4 is 34.8 Å². The molecule has 0 spiro atoms. The van der Waals surface area contributed by atoms with Crippen molar-refractivity contribution in [2.24, 2.45) is 0 Å². The lowest BCUT2D eigenvalue weighted by Gasteiger charge is -2.43. The minimum Gasteiger partial charge on any atom is -0.0629 e. The predicted octanol–water partition coefficient (Wildman–Crippen LogP) is 8.36. The van der Waals surface area contributed by atoms with Crippen LogP contribution in [0.4, 0.5) is 0 Å². The first kappa shape index (κ1) is 20.1. The molecule has 29 heavy (non-hydrogen) atoms. The van der Waals surface area contributed by atoms with Crippen LogP contribution in [-0.4, -0.2) is 10.3 Å². The van der Waals surface area contributed by atoms with Crippen LogP contribution in [0.2, 0.25) is 0 Å². The van der Waals surface area contributed by atoms with Crippen molar-refractivity contribution in [1.29, 1.82) is 0 Å². The summed E-state index contributed by atoms with van der Waals surface area (Å²) >= 11 is 0. The summed E-state index contributed by atoms with van der Waals surface area (Å²) in [5, 5.41) is 7.33. The molecule has 0 aromatic heterocycles. The lowest BCUT2D eigenvalue weighted by molar-refractivity contribution is 0.715. The van der Waals surface area contributed by atoms with Gasteiger partial charge in [0.05, 0.1) is 0 Å². The van der Waals surface area contributed by atoms with E-state index in [4.69, 9.17) is 0 Å². The molecule has 0 aliphatic carbocycles. The number of fused-ring (bicyclic) bond motifs is 2. The van der Waals surface area contributed by atoms with Crippen molar-refractivity contribution in [3.05, 3.63) is 78.9 Å². The van der Waals surface area contributed by atoms with E-state index < -0.39 is 7.92 Å². The maximum Gasteiger partial charge on any atom is -0.00739 e. The largest absolute Gasteiger partial charge is 0.0629 e. The Bertz CT molecular complexity index is 1160. The molecule has 4 rings (SSSR count). The predicted molar refractivity (Wildman–Crippen MR) is 133 cm³/mol. The molecule has 1 heteroatoms. The van der Waals surface area contributed by atoms with E-state index in [9.17, 15) is 0 Å². The lowest BCUT2D eigenvalue weighted by atomic mass is 9.98. The lowest BCUT2D eigenvalue weighted by Crippen LogP contribution is -2.32. The molecule has 0 amide bonds. The summed E-state index contributed by atoms with van der Waals surface area (Å²) < 4.78 is 0. The summed E-state index contributed by atoms with van der Waals surface area (Å²) in [4.78, 5) is 0. The van der Waals surface area contributed by atoms with Gasteiger partial charge in [-0.05, 0) is 54.4 Å². The Morgan fingerprint density at radius 2 is 1.10 bits per heavy atom. The van der Waals surface area contributed by atoms with Gasteiger partial charge in [-0.3, -0.25) is 0 Å². The highest BCUT2D eigenvalue weighted by atomic mass is 31.1. The standard InChI is InChI=1S/C28H31P/c1-27(2,3)29(28(4,5)6)26-24-14-10-9-12-21(24)17-18-25(26)23-16-15-20-11-7-8-13-22(20)19-23/h7-19H,1-6H3. The first-order valence-corrected chi connectivity index (χ1v) is 11.8. The van der Waals surface area contributed by atoms with E-state index in [-0.39, 0.29) is 10.3 Å². The first-order chi connectivity index (χ1) is 13.7. The molecule has 4 aromatic carbocycles. The van der Waals surface area contributed by atoms with E-state index in [0.717, 1.165) is 0 Å². The third-order valence-corrected chi connectivity index (χ3v) is 9.14. The van der Waals surface area contributed by atoms with Gasteiger partial charge in [-0.1, -0.05) is 122 Å². The molecule has 0 aliphatic rings. The summed E-state index contributed by atoms with van der Waals surface area (Å²) in [6, 6.07) is 29.1. The quantitative estimate of drug-likeness (QED) is 0.298. The van der Waals surface area contributed by atoms with Crippen LogP contribution in [0.3, 0.4) is 0 Å². The number of benzene rings is 4. The molecule has 0 radical (unpaired) electrons. The molecule has 0 saturated carbocycles. The first-order valence-electron chi connectivity index (χ1n) is 10.5. The van der Waals surface area contributed by atoms with E-state index in [1.807, 2.05) is 0 Å². The van der Waals surface area contributed by atoms with Gasteiger partial charge >= 0.3 is 0 Å². The molecule has 0 nitrogen and oxygen atoms in total. The Labute approximate surface area is 176 Å². The van der Waals surface area contributed by atoms with Gasteiger partial charge < -0.3 is 0 Å². The van der Waals surface area contributed by atoms with Crippen LogP contribution in [-0.2, 0) is 0 Å². The van der Waals surface area contributed by atoms with Crippen LogP contribution in [0.1, 0.15) is 41.5 Å². The summed E-state index contributed by atoms with van der Waals surface area (Å²) in [6.45, 7) is 14.5. The van der Waals surface area contributed by atoms with Gasteiger partial charge in [-0.2, -0.15) is 0 Å². The molecule has 0 bridgehead atoms.